The first-order chi connectivity index (χ1) is 13.8. The molecule has 2 aromatic rings. The van der Waals surface area contributed by atoms with Crippen LogP contribution in [0.15, 0.2) is 79.0 Å². The van der Waals surface area contributed by atoms with E-state index in [1.807, 2.05) is 36.4 Å². The number of ketones is 1. The topological polar surface area (TPSA) is 21.5 Å². The second-order valence-corrected chi connectivity index (χ2v) is 7.35. The van der Waals surface area contributed by atoms with Gasteiger partial charge in [0.1, 0.15) is 5.69 Å². The van der Waals surface area contributed by atoms with Gasteiger partial charge >= 0.3 is 0 Å². The molecule has 4 rings (SSSR count). The van der Waals surface area contributed by atoms with Gasteiger partial charge in [0.2, 0.25) is 0 Å². The number of rotatable bonds is 5. The minimum Gasteiger partial charge on any atom is -0.289 e. The van der Waals surface area contributed by atoms with Gasteiger partial charge in [0, 0.05) is 17.2 Å². The highest BCUT2D eigenvalue weighted by Crippen LogP contribution is 2.29. The number of quaternary nitrogens is 1. The van der Waals surface area contributed by atoms with Crippen molar-refractivity contribution in [2.45, 2.75) is 26.2 Å². The van der Waals surface area contributed by atoms with E-state index < -0.39 is 0 Å². The molecule has 1 heterocycles. The molecule has 1 aliphatic heterocycles. The van der Waals surface area contributed by atoms with Crippen LogP contribution in [0.25, 0.3) is 17.2 Å². The molecule has 140 valence electrons. The summed E-state index contributed by atoms with van der Waals surface area (Å²) in [6.45, 7) is 3.36. The predicted molar refractivity (Wildman–Crippen MR) is 117 cm³/mol. The second kappa shape index (κ2) is 8.37. The summed E-state index contributed by atoms with van der Waals surface area (Å²) in [6, 6.07) is 16.7. The standard InChI is InChI=1S/C26H25NO/c1-2-3-8-18-27-19-17-21(23-11-6-7-12-25(23)27)13-15-24-22-10-5-4-9-20(22)14-16-26(24)28/h4-7,9-17,19H,2-3,8,18H2,1H3/p+1. The molecule has 0 saturated heterocycles. The molecule has 28 heavy (non-hydrogen) atoms. The number of allylic oxidation sites excluding steroid dienone is 6. The molecule has 2 nitrogen and oxygen atoms in total. The molecule has 1 atom stereocenters. The highest BCUT2D eigenvalue weighted by Gasteiger charge is 2.21. The molecule has 0 saturated carbocycles. The van der Waals surface area contributed by atoms with Crippen molar-refractivity contribution in [3.8, 4) is 0 Å². The maximum atomic E-state index is 12.5. The number of hydrogen-bond donors (Lipinski definition) is 1. The van der Waals surface area contributed by atoms with E-state index in [9.17, 15) is 4.79 Å². The third kappa shape index (κ3) is 3.69. The Balaban J connectivity index is 1.67. The van der Waals surface area contributed by atoms with Crippen molar-refractivity contribution in [1.82, 2.24) is 0 Å². The molecule has 0 radical (unpaired) electrons. The van der Waals surface area contributed by atoms with Gasteiger partial charge in [0.15, 0.2) is 5.78 Å². The van der Waals surface area contributed by atoms with Crippen LogP contribution >= 0.6 is 0 Å². The van der Waals surface area contributed by atoms with Crippen LogP contribution in [-0.4, -0.2) is 12.3 Å². The third-order valence-electron chi connectivity index (χ3n) is 5.46. The average molecular weight is 369 g/mol. The van der Waals surface area contributed by atoms with E-state index in [0.29, 0.717) is 0 Å². The van der Waals surface area contributed by atoms with Gasteiger partial charge in [-0.25, -0.2) is 0 Å². The van der Waals surface area contributed by atoms with Crippen molar-refractivity contribution in [1.29, 1.82) is 0 Å². The highest BCUT2D eigenvalue weighted by molar-refractivity contribution is 6.30. The van der Waals surface area contributed by atoms with E-state index >= 15 is 0 Å². The van der Waals surface area contributed by atoms with Crippen LogP contribution < -0.4 is 4.90 Å². The number of carbonyl (C=O) groups is 1. The zero-order valence-electron chi connectivity index (χ0n) is 16.3. The molecule has 1 unspecified atom stereocenters. The highest BCUT2D eigenvalue weighted by atomic mass is 16.1. The molecule has 2 aliphatic rings. The summed E-state index contributed by atoms with van der Waals surface area (Å²) >= 11 is 0. The molecule has 1 N–H and O–H groups in total. The van der Waals surface area contributed by atoms with Crippen molar-refractivity contribution in [2.24, 2.45) is 0 Å². The lowest BCUT2D eigenvalue weighted by atomic mass is 9.90. The minimum absolute atomic E-state index is 0.0652. The summed E-state index contributed by atoms with van der Waals surface area (Å²) in [5.41, 5.74) is 6.59. The van der Waals surface area contributed by atoms with E-state index in [1.54, 1.807) is 6.08 Å². The van der Waals surface area contributed by atoms with Gasteiger partial charge in [-0.3, -0.25) is 9.69 Å². The fourth-order valence-electron chi connectivity index (χ4n) is 3.93. The first-order valence-corrected chi connectivity index (χ1v) is 10.2. The average Bonchev–Trinajstić information content (AvgIpc) is 2.74. The summed E-state index contributed by atoms with van der Waals surface area (Å²) in [7, 11) is 0. The van der Waals surface area contributed by atoms with E-state index in [-0.39, 0.29) is 5.78 Å². The molecule has 2 aromatic carbocycles. The monoisotopic (exact) mass is 368 g/mol. The Morgan fingerprint density at radius 1 is 0.857 bits per heavy atom. The second-order valence-electron chi connectivity index (χ2n) is 7.35. The van der Waals surface area contributed by atoms with Crippen LogP contribution in [0.5, 0.6) is 0 Å². The SMILES string of the molecule is CCCCC[NH+]1C=CC(=CC=C2C(=O)C=Cc3ccccc32)c2ccccc21. The largest absolute Gasteiger partial charge is 0.289 e. The molecular weight excluding hydrogens is 342 g/mol. The maximum absolute atomic E-state index is 12.5. The maximum Gasteiger partial charge on any atom is 0.186 e. The molecule has 0 spiro atoms. The Kier molecular flexibility index (Phi) is 5.50. The van der Waals surface area contributed by atoms with Crippen LogP contribution in [0.1, 0.15) is 42.9 Å². The smallest absolute Gasteiger partial charge is 0.186 e. The Morgan fingerprint density at radius 2 is 1.64 bits per heavy atom. The normalized spacial score (nSPS) is 20.5. The summed E-state index contributed by atoms with van der Waals surface area (Å²) in [6.07, 6.45) is 15.8. The van der Waals surface area contributed by atoms with Gasteiger partial charge < -0.3 is 0 Å². The number of hydrogen-bond acceptors (Lipinski definition) is 1. The van der Waals surface area contributed by atoms with Crippen molar-refractivity contribution >= 4 is 28.7 Å². The predicted octanol–water partition coefficient (Wildman–Crippen LogP) is 4.98. The van der Waals surface area contributed by atoms with Crippen LogP contribution in [0.3, 0.4) is 0 Å². The number of benzene rings is 2. The van der Waals surface area contributed by atoms with Gasteiger partial charge in [-0.1, -0.05) is 61.9 Å². The van der Waals surface area contributed by atoms with E-state index in [2.05, 4.69) is 49.5 Å². The number of unbranched alkanes of at least 4 members (excludes halogenated alkanes) is 2. The molecular formula is C26H26NO+. The Labute approximate surface area is 167 Å². The van der Waals surface area contributed by atoms with Crippen molar-refractivity contribution in [2.75, 3.05) is 6.54 Å². The third-order valence-corrected chi connectivity index (χ3v) is 5.46. The van der Waals surface area contributed by atoms with Crippen LogP contribution in [0, 0.1) is 0 Å². The lowest BCUT2D eigenvalue weighted by Crippen LogP contribution is -3.03. The lowest BCUT2D eigenvalue weighted by molar-refractivity contribution is -0.776. The quantitative estimate of drug-likeness (QED) is 0.583. The number of para-hydroxylation sites is 1. The van der Waals surface area contributed by atoms with Crippen LogP contribution in [-0.2, 0) is 4.79 Å². The van der Waals surface area contributed by atoms with Crippen LogP contribution in [0.2, 0.25) is 0 Å². The van der Waals surface area contributed by atoms with Gasteiger partial charge in [-0.2, -0.15) is 0 Å². The summed E-state index contributed by atoms with van der Waals surface area (Å²) in [5.74, 6) is 0.0652. The zero-order valence-corrected chi connectivity index (χ0v) is 16.3. The molecule has 1 aliphatic carbocycles. The zero-order chi connectivity index (χ0) is 19.3. The Bertz CT molecular complexity index is 1010. The fraction of sp³-hybridized carbons (Fsp3) is 0.192. The van der Waals surface area contributed by atoms with Gasteiger partial charge in [-0.15, -0.1) is 0 Å². The Hall–Kier alpha value is -2.97. The van der Waals surface area contributed by atoms with E-state index in [4.69, 9.17) is 0 Å². The summed E-state index contributed by atoms with van der Waals surface area (Å²) < 4.78 is 0. The Morgan fingerprint density at radius 3 is 2.50 bits per heavy atom. The molecule has 2 heteroatoms. The van der Waals surface area contributed by atoms with Gasteiger partial charge in [0.05, 0.1) is 12.7 Å². The van der Waals surface area contributed by atoms with Crippen molar-refractivity contribution in [3.63, 3.8) is 0 Å². The number of nitrogens with one attached hydrogen (secondary N) is 1. The van der Waals surface area contributed by atoms with Gasteiger partial charge in [0.25, 0.3) is 0 Å². The number of carbonyl (C=O) groups excluding carboxylic acids is 1. The van der Waals surface area contributed by atoms with E-state index in [1.165, 1.54) is 35.4 Å². The molecule has 0 aromatic heterocycles. The summed E-state index contributed by atoms with van der Waals surface area (Å²) in [4.78, 5) is 13.9. The lowest BCUT2D eigenvalue weighted by Gasteiger charge is -2.22. The van der Waals surface area contributed by atoms with Crippen molar-refractivity contribution < 1.29 is 9.69 Å². The first kappa shape index (κ1) is 18.4. The fourth-order valence-corrected chi connectivity index (χ4v) is 3.93. The van der Waals surface area contributed by atoms with Crippen molar-refractivity contribution in [3.05, 3.63) is 95.7 Å². The van der Waals surface area contributed by atoms with Gasteiger partial charge in [-0.05, 0) is 53.8 Å². The molecule has 0 amide bonds. The first-order valence-electron chi connectivity index (χ1n) is 10.2. The van der Waals surface area contributed by atoms with E-state index in [0.717, 1.165) is 28.8 Å². The molecule has 0 bridgehead atoms. The van der Waals surface area contributed by atoms with Crippen LogP contribution in [0.4, 0.5) is 5.69 Å². The number of fused-ring (bicyclic) bond motifs is 2. The minimum atomic E-state index is 0.0652. The molecule has 0 fully saturated rings. The summed E-state index contributed by atoms with van der Waals surface area (Å²) in [5, 5.41) is 0.